The Morgan fingerprint density at radius 1 is 1.19 bits per heavy atom. The van der Waals surface area contributed by atoms with Gasteiger partial charge in [-0.15, -0.1) is 0 Å². The van der Waals surface area contributed by atoms with Crippen LogP contribution in [0, 0.1) is 0 Å². The Labute approximate surface area is 97.4 Å². The van der Waals surface area contributed by atoms with E-state index in [0.29, 0.717) is 5.54 Å². The van der Waals surface area contributed by atoms with E-state index < -0.39 is 0 Å². The molecule has 2 heteroatoms. The third-order valence-electron chi connectivity index (χ3n) is 4.46. The highest BCUT2D eigenvalue weighted by Crippen LogP contribution is 2.40. The number of nitrogens with zero attached hydrogens (tertiary/aromatic N) is 1. The molecule has 0 bridgehead atoms. The average Bonchev–Trinajstić information content (AvgIpc) is 2.85. The molecule has 0 unspecified atom stereocenters. The summed E-state index contributed by atoms with van der Waals surface area (Å²) in [6.45, 7) is 4.57. The van der Waals surface area contributed by atoms with Crippen molar-refractivity contribution in [1.29, 1.82) is 0 Å². The fourth-order valence-corrected chi connectivity index (χ4v) is 3.28. The smallest absolute Gasteiger partial charge is 0.0363 e. The van der Waals surface area contributed by atoms with Gasteiger partial charge in [-0.3, -0.25) is 4.90 Å². The standard InChI is InChI=1S/C14H20N2/c1-14(7-2-3-8-14)16-9-11-5-4-6-13(15)12(11)10-16/h4-6H,2-3,7-10,15H2,1H3. The zero-order valence-corrected chi connectivity index (χ0v) is 10.00. The van der Waals surface area contributed by atoms with Crippen molar-refractivity contribution in [2.24, 2.45) is 0 Å². The molecule has 0 radical (unpaired) electrons. The van der Waals surface area contributed by atoms with Crippen LogP contribution in [-0.2, 0) is 13.1 Å². The lowest BCUT2D eigenvalue weighted by molar-refractivity contribution is 0.107. The van der Waals surface area contributed by atoms with Crippen LogP contribution in [0.1, 0.15) is 43.7 Å². The molecule has 1 aromatic rings. The summed E-state index contributed by atoms with van der Waals surface area (Å²) in [6, 6.07) is 6.33. The van der Waals surface area contributed by atoms with Gasteiger partial charge in [-0.25, -0.2) is 0 Å². The molecule has 1 heterocycles. The third-order valence-corrected chi connectivity index (χ3v) is 4.46. The van der Waals surface area contributed by atoms with Gasteiger partial charge in [0.05, 0.1) is 0 Å². The lowest BCUT2D eigenvalue weighted by Crippen LogP contribution is -2.40. The van der Waals surface area contributed by atoms with Gasteiger partial charge in [-0.05, 0) is 37.0 Å². The molecule has 2 nitrogen and oxygen atoms in total. The van der Waals surface area contributed by atoms with Gasteiger partial charge in [0.1, 0.15) is 0 Å². The van der Waals surface area contributed by atoms with Crippen LogP contribution < -0.4 is 5.73 Å². The van der Waals surface area contributed by atoms with Crippen molar-refractivity contribution in [2.45, 2.75) is 51.2 Å². The Bertz CT molecular complexity index is 405. The zero-order valence-electron chi connectivity index (χ0n) is 10.00. The predicted molar refractivity (Wildman–Crippen MR) is 67.0 cm³/mol. The van der Waals surface area contributed by atoms with E-state index in [2.05, 4.69) is 24.0 Å². The van der Waals surface area contributed by atoms with E-state index in [1.54, 1.807) is 0 Å². The SMILES string of the molecule is CC1(N2Cc3cccc(N)c3C2)CCCC1. The summed E-state index contributed by atoms with van der Waals surface area (Å²) in [5.74, 6) is 0. The second kappa shape index (κ2) is 3.49. The summed E-state index contributed by atoms with van der Waals surface area (Å²) in [5.41, 5.74) is 10.3. The van der Waals surface area contributed by atoms with Crippen molar-refractivity contribution < 1.29 is 0 Å². The summed E-state index contributed by atoms with van der Waals surface area (Å²) in [6.07, 6.45) is 5.47. The summed E-state index contributed by atoms with van der Waals surface area (Å²) >= 11 is 0. The second-order valence-corrected chi connectivity index (χ2v) is 5.55. The molecule has 2 aliphatic rings. The molecule has 3 rings (SSSR count). The van der Waals surface area contributed by atoms with Crippen LogP contribution in [0.5, 0.6) is 0 Å². The molecule has 1 aliphatic carbocycles. The first-order valence-electron chi connectivity index (χ1n) is 6.30. The van der Waals surface area contributed by atoms with E-state index in [1.165, 1.54) is 36.8 Å². The molecule has 1 saturated carbocycles. The Hall–Kier alpha value is -1.02. The first-order valence-corrected chi connectivity index (χ1v) is 6.30. The van der Waals surface area contributed by atoms with E-state index in [0.717, 1.165) is 18.8 Å². The highest BCUT2D eigenvalue weighted by molar-refractivity contribution is 5.52. The quantitative estimate of drug-likeness (QED) is 0.731. The largest absolute Gasteiger partial charge is 0.398 e. The van der Waals surface area contributed by atoms with Crippen LogP contribution in [0.2, 0.25) is 0 Å². The molecule has 1 fully saturated rings. The molecule has 0 spiro atoms. The minimum atomic E-state index is 0.422. The molecule has 16 heavy (non-hydrogen) atoms. The van der Waals surface area contributed by atoms with Crippen LogP contribution in [0.25, 0.3) is 0 Å². The number of benzene rings is 1. The number of fused-ring (bicyclic) bond motifs is 1. The second-order valence-electron chi connectivity index (χ2n) is 5.55. The van der Waals surface area contributed by atoms with Crippen LogP contribution in [0.3, 0.4) is 0 Å². The fourth-order valence-electron chi connectivity index (χ4n) is 3.28. The van der Waals surface area contributed by atoms with Crippen molar-refractivity contribution >= 4 is 5.69 Å². The number of hydrogen-bond donors (Lipinski definition) is 1. The molecule has 1 aromatic carbocycles. The van der Waals surface area contributed by atoms with Crippen molar-refractivity contribution in [1.82, 2.24) is 4.90 Å². The molecule has 0 aromatic heterocycles. The molecule has 2 N–H and O–H groups in total. The first kappa shape index (κ1) is 10.2. The molecule has 0 amide bonds. The number of rotatable bonds is 1. The number of nitrogens with two attached hydrogens (primary N) is 1. The maximum absolute atomic E-state index is 6.05. The van der Waals surface area contributed by atoms with Crippen molar-refractivity contribution in [3.63, 3.8) is 0 Å². The molecule has 1 aliphatic heterocycles. The van der Waals surface area contributed by atoms with Gasteiger partial charge in [-0.2, -0.15) is 0 Å². The van der Waals surface area contributed by atoms with Gasteiger partial charge in [0.15, 0.2) is 0 Å². The average molecular weight is 216 g/mol. The maximum Gasteiger partial charge on any atom is 0.0363 e. The van der Waals surface area contributed by atoms with Crippen molar-refractivity contribution in [3.05, 3.63) is 29.3 Å². The number of nitrogen functional groups attached to an aromatic ring is 1. The highest BCUT2D eigenvalue weighted by Gasteiger charge is 2.38. The molecule has 86 valence electrons. The molecular weight excluding hydrogens is 196 g/mol. The summed E-state index contributed by atoms with van der Waals surface area (Å²) < 4.78 is 0. The normalized spacial score (nSPS) is 23.6. The van der Waals surface area contributed by atoms with E-state index in [4.69, 9.17) is 5.73 Å². The van der Waals surface area contributed by atoms with Crippen molar-refractivity contribution in [3.8, 4) is 0 Å². The van der Waals surface area contributed by atoms with Crippen molar-refractivity contribution in [2.75, 3.05) is 5.73 Å². The Balaban J connectivity index is 1.88. The molecule has 0 atom stereocenters. The van der Waals surface area contributed by atoms with Gasteiger partial charge in [-0.1, -0.05) is 25.0 Å². The number of anilines is 1. The van der Waals surface area contributed by atoms with Gasteiger partial charge < -0.3 is 5.73 Å². The van der Waals surface area contributed by atoms with Crippen LogP contribution >= 0.6 is 0 Å². The topological polar surface area (TPSA) is 29.3 Å². The lowest BCUT2D eigenvalue weighted by Gasteiger charge is -2.35. The maximum atomic E-state index is 6.05. The van der Waals surface area contributed by atoms with Crippen LogP contribution in [0.15, 0.2) is 18.2 Å². The Kier molecular flexibility index (Phi) is 2.21. The minimum absolute atomic E-state index is 0.422. The summed E-state index contributed by atoms with van der Waals surface area (Å²) in [7, 11) is 0. The monoisotopic (exact) mass is 216 g/mol. The van der Waals surface area contributed by atoms with Gasteiger partial charge in [0.2, 0.25) is 0 Å². The van der Waals surface area contributed by atoms with E-state index >= 15 is 0 Å². The van der Waals surface area contributed by atoms with E-state index in [-0.39, 0.29) is 0 Å². The third kappa shape index (κ3) is 1.44. The summed E-state index contributed by atoms with van der Waals surface area (Å²) in [5, 5.41) is 0. The van der Waals surface area contributed by atoms with Crippen LogP contribution in [0.4, 0.5) is 5.69 Å². The molecular formula is C14H20N2. The van der Waals surface area contributed by atoms with Crippen LogP contribution in [-0.4, -0.2) is 10.4 Å². The Morgan fingerprint density at radius 3 is 2.62 bits per heavy atom. The highest BCUT2D eigenvalue weighted by atomic mass is 15.2. The van der Waals surface area contributed by atoms with Gasteiger partial charge in [0.25, 0.3) is 0 Å². The minimum Gasteiger partial charge on any atom is -0.398 e. The lowest BCUT2D eigenvalue weighted by atomic mass is 9.98. The molecule has 0 saturated heterocycles. The fraction of sp³-hybridized carbons (Fsp3) is 0.571. The predicted octanol–water partition coefficient (Wildman–Crippen LogP) is 2.92. The van der Waals surface area contributed by atoms with E-state index in [1.807, 2.05) is 6.07 Å². The first-order chi connectivity index (χ1) is 7.69. The summed E-state index contributed by atoms with van der Waals surface area (Å²) in [4.78, 5) is 2.63. The van der Waals surface area contributed by atoms with Gasteiger partial charge >= 0.3 is 0 Å². The number of hydrogen-bond acceptors (Lipinski definition) is 2. The van der Waals surface area contributed by atoms with Gasteiger partial charge in [0, 0.05) is 24.3 Å². The van der Waals surface area contributed by atoms with E-state index in [9.17, 15) is 0 Å². The Morgan fingerprint density at radius 2 is 1.94 bits per heavy atom. The zero-order chi connectivity index (χ0) is 11.2.